The zero-order valence-corrected chi connectivity index (χ0v) is 10.8. The van der Waals surface area contributed by atoms with Crippen molar-refractivity contribution < 1.29 is 4.92 Å². The molecular weight excluding hydrogens is 230 g/mol. The molecule has 0 spiro atoms. The van der Waals surface area contributed by atoms with E-state index in [0.717, 1.165) is 19.5 Å². The van der Waals surface area contributed by atoms with Gasteiger partial charge in [0.15, 0.2) is 0 Å². The average Bonchev–Trinajstić information content (AvgIpc) is 2.78. The van der Waals surface area contributed by atoms with Crippen LogP contribution in [0.5, 0.6) is 0 Å². The van der Waals surface area contributed by atoms with Gasteiger partial charge >= 0.3 is 0 Å². The lowest BCUT2D eigenvalue weighted by Gasteiger charge is -2.20. The molecule has 0 aliphatic carbocycles. The minimum Gasteiger partial charge on any atom is -0.375 e. The van der Waals surface area contributed by atoms with E-state index in [1.165, 1.54) is 6.07 Å². The number of hydrogen-bond donors (Lipinski definition) is 1. The summed E-state index contributed by atoms with van der Waals surface area (Å²) >= 11 is 0. The number of likely N-dealkylation sites (tertiary alicyclic amines) is 1. The van der Waals surface area contributed by atoms with Crippen molar-refractivity contribution >= 4 is 11.4 Å². The third kappa shape index (κ3) is 2.79. The van der Waals surface area contributed by atoms with E-state index in [1.54, 1.807) is 12.1 Å². The molecule has 98 valence electrons. The summed E-state index contributed by atoms with van der Waals surface area (Å²) in [6.45, 7) is 6.35. The Morgan fingerprint density at radius 3 is 2.78 bits per heavy atom. The third-order valence-corrected chi connectivity index (χ3v) is 3.41. The Balaban J connectivity index is 2.05. The molecule has 1 saturated heterocycles. The summed E-state index contributed by atoms with van der Waals surface area (Å²) in [6, 6.07) is 7.66. The van der Waals surface area contributed by atoms with E-state index in [4.69, 9.17) is 0 Å². The van der Waals surface area contributed by atoms with Crippen LogP contribution in [-0.2, 0) is 0 Å². The third-order valence-electron chi connectivity index (χ3n) is 3.41. The zero-order chi connectivity index (χ0) is 13.1. The van der Waals surface area contributed by atoms with Crippen LogP contribution in [0.3, 0.4) is 0 Å². The van der Waals surface area contributed by atoms with Gasteiger partial charge in [-0.3, -0.25) is 15.0 Å². The van der Waals surface area contributed by atoms with Gasteiger partial charge in [0, 0.05) is 31.2 Å². The van der Waals surface area contributed by atoms with Crippen LogP contribution in [0.4, 0.5) is 11.4 Å². The van der Waals surface area contributed by atoms with Crippen molar-refractivity contribution in [3.63, 3.8) is 0 Å². The van der Waals surface area contributed by atoms with Gasteiger partial charge < -0.3 is 5.32 Å². The van der Waals surface area contributed by atoms with Crippen molar-refractivity contribution in [2.75, 3.05) is 18.4 Å². The van der Waals surface area contributed by atoms with E-state index in [0.29, 0.717) is 17.8 Å². The predicted octanol–water partition coefficient (Wildman–Crippen LogP) is 2.49. The highest BCUT2D eigenvalue weighted by Gasteiger charge is 2.25. The first-order valence-corrected chi connectivity index (χ1v) is 6.32. The molecule has 0 saturated carbocycles. The lowest BCUT2D eigenvalue weighted by Crippen LogP contribution is -2.31. The van der Waals surface area contributed by atoms with Crippen LogP contribution in [-0.4, -0.2) is 35.0 Å². The molecule has 1 aromatic carbocycles. The molecule has 2 rings (SSSR count). The molecule has 1 N–H and O–H groups in total. The Bertz CT molecular complexity index is 434. The first kappa shape index (κ1) is 12.8. The maximum Gasteiger partial charge on any atom is 0.292 e. The second-order valence-electron chi connectivity index (χ2n) is 4.99. The van der Waals surface area contributed by atoms with Crippen LogP contribution >= 0.6 is 0 Å². The smallest absolute Gasteiger partial charge is 0.292 e. The summed E-state index contributed by atoms with van der Waals surface area (Å²) in [5.41, 5.74) is 0.776. The standard InChI is InChI=1S/C13H19N3O2/c1-10(2)15-8-7-11(9-15)14-12-5-3-4-6-13(12)16(17)18/h3-6,10-11,14H,7-9H2,1-2H3. The van der Waals surface area contributed by atoms with Gasteiger partial charge in [-0.2, -0.15) is 0 Å². The molecule has 1 heterocycles. The molecule has 1 unspecified atom stereocenters. The Kier molecular flexibility index (Phi) is 3.81. The molecule has 0 aromatic heterocycles. The molecule has 1 aromatic rings. The molecule has 1 aliphatic heterocycles. The van der Waals surface area contributed by atoms with Crippen LogP contribution in [0, 0.1) is 10.1 Å². The van der Waals surface area contributed by atoms with Gasteiger partial charge in [0.2, 0.25) is 0 Å². The van der Waals surface area contributed by atoms with Crippen LogP contribution in [0.25, 0.3) is 0 Å². The first-order chi connectivity index (χ1) is 8.58. The lowest BCUT2D eigenvalue weighted by molar-refractivity contribution is -0.384. The van der Waals surface area contributed by atoms with Gasteiger partial charge in [-0.05, 0) is 26.3 Å². The number of anilines is 1. The number of nitro benzene ring substituents is 1. The van der Waals surface area contributed by atoms with Crippen LogP contribution in [0.2, 0.25) is 0 Å². The number of nitrogens with zero attached hydrogens (tertiary/aromatic N) is 2. The van der Waals surface area contributed by atoms with Crippen LogP contribution < -0.4 is 5.32 Å². The zero-order valence-electron chi connectivity index (χ0n) is 10.8. The SMILES string of the molecule is CC(C)N1CCC(Nc2ccccc2[N+](=O)[O-])C1. The van der Waals surface area contributed by atoms with Gasteiger partial charge in [0.05, 0.1) is 4.92 Å². The summed E-state index contributed by atoms with van der Waals surface area (Å²) in [4.78, 5) is 13.0. The lowest BCUT2D eigenvalue weighted by atomic mass is 10.2. The van der Waals surface area contributed by atoms with Gasteiger partial charge in [-0.25, -0.2) is 0 Å². The summed E-state index contributed by atoms with van der Waals surface area (Å²) in [5, 5.41) is 14.2. The van der Waals surface area contributed by atoms with E-state index in [9.17, 15) is 10.1 Å². The van der Waals surface area contributed by atoms with Gasteiger partial charge in [-0.1, -0.05) is 12.1 Å². The van der Waals surface area contributed by atoms with E-state index < -0.39 is 0 Å². The highest BCUT2D eigenvalue weighted by molar-refractivity contribution is 5.61. The average molecular weight is 249 g/mol. The molecule has 1 aliphatic rings. The van der Waals surface area contributed by atoms with Crippen LogP contribution in [0.1, 0.15) is 20.3 Å². The Hall–Kier alpha value is -1.62. The van der Waals surface area contributed by atoms with Gasteiger partial charge in [0.25, 0.3) is 5.69 Å². The number of rotatable bonds is 4. The van der Waals surface area contributed by atoms with E-state index >= 15 is 0 Å². The summed E-state index contributed by atoms with van der Waals surface area (Å²) < 4.78 is 0. The van der Waals surface area contributed by atoms with E-state index in [1.807, 2.05) is 6.07 Å². The molecule has 5 nitrogen and oxygen atoms in total. The van der Waals surface area contributed by atoms with Gasteiger partial charge in [-0.15, -0.1) is 0 Å². The Morgan fingerprint density at radius 1 is 1.44 bits per heavy atom. The molecular formula is C13H19N3O2. The maximum absolute atomic E-state index is 10.9. The predicted molar refractivity (Wildman–Crippen MR) is 71.8 cm³/mol. The molecule has 0 radical (unpaired) electrons. The first-order valence-electron chi connectivity index (χ1n) is 6.32. The van der Waals surface area contributed by atoms with E-state index in [-0.39, 0.29) is 10.6 Å². The number of para-hydroxylation sites is 2. The number of hydrogen-bond acceptors (Lipinski definition) is 4. The van der Waals surface area contributed by atoms with Crippen molar-refractivity contribution in [1.82, 2.24) is 4.90 Å². The molecule has 0 amide bonds. The highest BCUT2D eigenvalue weighted by Crippen LogP contribution is 2.26. The minimum absolute atomic E-state index is 0.153. The monoisotopic (exact) mass is 249 g/mol. The van der Waals surface area contributed by atoms with Crippen molar-refractivity contribution in [1.29, 1.82) is 0 Å². The van der Waals surface area contributed by atoms with E-state index in [2.05, 4.69) is 24.1 Å². The Morgan fingerprint density at radius 2 is 2.17 bits per heavy atom. The quantitative estimate of drug-likeness (QED) is 0.658. The normalized spacial score (nSPS) is 20.3. The molecule has 18 heavy (non-hydrogen) atoms. The fourth-order valence-corrected chi connectivity index (χ4v) is 2.35. The Labute approximate surface area is 107 Å². The summed E-state index contributed by atoms with van der Waals surface area (Å²) in [6.07, 6.45) is 1.03. The van der Waals surface area contributed by atoms with Crippen molar-refractivity contribution in [3.05, 3.63) is 34.4 Å². The number of nitrogens with one attached hydrogen (secondary N) is 1. The largest absolute Gasteiger partial charge is 0.375 e. The second-order valence-corrected chi connectivity index (χ2v) is 4.99. The van der Waals surface area contributed by atoms with Gasteiger partial charge in [0.1, 0.15) is 5.69 Å². The number of benzene rings is 1. The van der Waals surface area contributed by atoms with Crippen molar-refractivity contribution in [3.8, 4) is 0 Å². The molecule has 1 atom stereocenters. The molecule has 5 heteroatoms. The fourth-order valence-electron chi connectivity index (χ4n) is 2.35. The number of nitro groups is 1. The van der Waals surface area contributed by atoms with Crippen molar-refractivity contribution in [2.24, 2.45) is 0 Å². The molecule has 0 bridgehead atoms. The molecule has 1 fully saturated rings. The van der Waals surface area contributed by atoms with Crippen LogP contribution in [0.15, 0.2) is 24.3 Å². The minimum atomic E-state index is -0.336. The highest BCUT2D eigenvalue weighted by atomic mass is 16.6. The maximum atomic E-state index is 10.9. The second kappa shape index (κ2) is 5.35. The topological polar surface area (TPSA) is 58.4 Å². The summed E-state index contributed by atoms with van der Waals surface area (Å²) in [7, 11) is 0. The van der Waals surface area contributed by atoms with Crippen molar-refractivity contribution in [2.45, 2.75) is 32.4 Å². The summed E-state index contributed by atoms with van der Waals surface area (Å²) in [5.74, 6) is 0. The fraction of sp³-hybridized carbons (Fsp3) is 0.538.